The fourth-order valence-electron chi connectivity index (χ4n) is 3.47. The summed E-state index contributed by atoms with van der Waals surface area (Å²) in [6.07, 6.45) is 1.56. The third-order valence-corrected chi connectivity index (χ3v) is 6.36. The van der Waals surface area contributed by atoms with Gasteiger partial charge in [0.15, 0.2) is 5.82 Å². The minimum Gasteiger partial charge on any atom is -0.496 e. The molecule has 39 heavy (non-hydrogen) atoms. The fourth-order valence-corrected chi connectivity index (χ4v) is 4.17. The van der Waals surface area contributed by atoms with Crippen LogP contribution in [0, 0.1) is 6.92 Å². The number of methoxy groups -OCH3 is 1. The minimum atomic E-state index is -0.507. The van der Waals surface area contributed by atoms with Crippen LogP contribution in [0.5, 0.6) is 5.75 Å². The van der Waals surface area contributed by atoms with Gasteiger partial charge >= 0.3 is 0 Å². The number of nitrogens with zero attached hydrogens (tertiary/aromatic N) is 1. The molecule has 0 bridgehead atoms. The van der Waals surface area contributed by atoms with Crippen molar-refractivity contribution in [1.29, 1.82) is 0 Å². The summed E-state index contributed by atoms with van der Waals surface area (Å²) in [5.74, 6) is 0.565. The summed E-state index contributed by atoms with van der Waals surface area (Å²) in [5.41, 5.74) is 1.61. The van der Waals surface area contributed by atoms with Crippen molar-refractivity contribution in [2.75, 3.05) is 23.5 Å². The topological polar surface area (TPSA) is 123 Å². The predicted molar refractivity (Wildman–Crippen MR) is 151 cm³/mol. The molecule has 4 aromatic rings. The van der Waals surface area contributed by atoms with Crippen LogP contribution >= 0.6 is 11.8 Å². The van der Waals surface area contributed by atoms with Crippen LogP contribution < -0.4 is 20.7 Å². The summed E-state index contributed by atoms with van der Waals surface area (Å²) >= 11 is 1.33. The number of ether oxygens (including phenoxy) is 1. The standard InChI is InChI=1S/C29H26N4O5S/c1-19-16-26(33-38-19)32-27(34)18-39-23-14-12-22(13-15-23)30-29(36)24(17-21-10-6-7-11-25(21)37-2)31-28(35)20-8-4-3-5-9-20/h3-17H,18H2,1-2H3,(H,30,36)(H,31,35)(H,32,33,34)/b24-17-. The Kier molecular flexibility index (Phi) is 9.15. The van der Waals surface area contributed by atoms with E-state index in [1.807, 2.05) is 12.1 Å². The summed E-state index contributed by atoms with van der Waals surface area (Å²) in [6.45, 7) is 1.74. The molecule has 10 heteroatoms. The third-order valence-electron chi connectivity index (χ3n) is 5.35. The first-order valence-corrected chi connectivity index (χ1v) is 12.9. The molecule has 0 radical (unpaired) electrons. The monoisotopic (exact) mass is 542 g/mol. The van der Waals surface area contributed by atoms with E-state index in [1.165, 1.54) is 18.9 Å². The molecule has 0 fully saturated rings. The number of anilines is 2. The van der Waals surface area contributed by atoms with Crippen LogP contribution in [0.4, 0.5) is 11.5 Å². The van der Waals surface area contributed by atoms with Crippen molar-refractivity contribution >= 4 is 47.1 Å². The van der Waals surface area contributed by atoms with Crippen molar-refractivity contribution < 1.29 is 23.6 Å². The van der Waals surface area contributed by atoms with E-state index >= 15 is 0 Å². The number of carbonyl (C=O) groups is 3. The summed E-state index contributed by atoms with van der Waals surface area (Å²) < 4.78 is 10.3. The van der Waals surface area contributed by atoms with Crippen molar-refractivity contribution in [2.24, 2.45) is 0 Å². The Balaban J connectivity index is 1.43. The maximum absolute atomic E-state index is 13.3. The van der Waals surface area contributed by atoms with Crippen molar-refractivity contribution in [2.45, 2.75) is 11.8 Å². The Morgan fingerprint density at radius 3 is 2.36 bits per heavy atom. The number of carbonyl (C=O) groups excluding carboxylic acids is 3. The molecule has 4 rings (SSSR count). The lowest BCUT2D eigenvalue weighted by atomic mass is 10.1. The van der Waals surface area contributed by atoms with Gasteiger partial charge < -0.3 is 25.2 Å². The largest absolute Gasteiger partial charge is 0.496 e. The quantitative estimate of drug-likeness (QED) is 0.188. The summed E-state index contributed by atoms with van der Waals surface area (Å²) in [4.78, 5) is 39.1. The normalized spacial score (nSPS) is 11.0. The number of para-hydroxylation sites is 1. The fraction of sp³-hybridized carbons (Fsp3) is 0.103. The number of aromatic nitrogens is 1. The number of aryl methyl sites for hydroxylation is 1. The van der Waals surface area contributed by atoms with Crippen LogP contribution in [-0.4, -0.2) is 35.7 Å². The molecule has 3 amide bonds. The maximum Gasteiger partial charge on any atom is 0.272 e. The Labute approximate surface area is 229 Å². The molecule has 0 atom stereocenters. The molecule has 0 saturated carbocycles. The Bertz CT molecular complexity index is 1480. The van der Waals surface area contributed by atoms with Crippen molar-refractivity contribution in [3.63, 3.8) is 0 Å². The van der Waals surface area contributed by atoms with Gasteiger partial charge in [-0.25, -0.2) is 0 Å². The van der Waals surface area contributed by atoms with Gasteiger partial charge in [-0.1, -0.05) is 41.6 Å². The van der Waals surface area contributed by atoms with E-state index in [4.69, 9.17) is 9.26 Å². The molecule has 3 aromatic carbocycles. The van der Waals surface area contributed by atoms with E-state index < -0.39 is 11.8 Å². The highest BCUT2D eigenvalue weighted by Crippen LogP contribution is 2.23. The number of nitrogens with one attached hydrogen (secondary N) is 3. The van der Waals surface area contributed by atoms with Crippen LogP contribution in [0.2, 0.25) is 0 Å². The van der Waals surface area contributed by atoms with E-state index in [1.54, 1.807) is 85.8 Å². The number of benzene rings is 3. The van der Waals surface area contributed by atoms with Gasteiger partial charge in [-0.15, -0.1) is 11.8 Å². The van der Waals surface area contributed by atoms with E-state index in [2.05, 4.69) is 21.1 Å². The average Bonchev–Trinajstić information content (AvgIpc) is 3.37. The number of rotatable bonds is 10. The van der Waals surface area contributed by atoms with Gasteiger partial charge in [0.05, 0.1) is 12.9 Å². The van der Waals surface area contributed by atoms with Gasteiger partial charge in [-0.05, 0) is 55.5 Å². The molecule has 0 unspecified atom stereocenters. The number of hydrogen-bond acceptors (Lipinski definition) is 7. The zero-order valence-electron chi connectivity index (χ0n) is 21.3. The summed E-state index contributed by atoms with van der Waals surface area (Å²) in [6, 6.07) is 24.5. The van der Waals surface area contributed by atoms with Crippen LogP contribution in [0.15, 0.2) is 100 Å². The molecule has 9 nitrogen and oxygen atoms in total. The molecule has 0 saturated heterocycles. The van der Waals surface area contributed by atoms with Gasteiger partial charge in [0.1, 0.15) is 17.2 Å². The van der Waals surface area contributed by atoms with Crippen LogP contribution in [0.25, 0.3) is 6.08 Å². The molecule has 3 N–H and O–H groups in total. The Morgan fingerprint density at radius 1 is 0.949 bits per heavy atom. The molecule has 0 spiro atoms. The van der Waals surface area contributed by atoms with Gasteiger partial charge in [0.2, 0.25) is 5.91 Å². The lowest BCUT2D eigenvalue weighted by Crippen LogP contribution is -2.30. The second kappa shape index (κ2) is 13.1. The van der Waals surface area contributed by atoms with Crippen molar-refractivity contribution in [1.82, 2.24) is 10.5 Å². The van der Waals surface area contributed by atoms with Crippen LogP contribution in [0.3, 0.4) is 0 Å². The van der Waals surface area contributed by atoms with Gasteiger partial charge in [-0.3, -0.25) is 14.4 Å². The zero-order chi connectivity index (χ0) is 27.6. The highest BCUT2D eigenvalue weighted by atomic mass is 32.2. The van der Waals surface area contributed by atoms with E-state index in [0.717, 1.165) is 4.90 Å². The molecular weight excluding hydrogens is 516 g/mol. The summed E-state index contributed by atoms with van der Waals surface area (Å²) in [5, 5.41) is 11.9. The highest BCUT2D eigenvalue weighted by molar-refractivity contribution is 8.00. The second-order valence-corrected chi connectivity index (χ2v) is 9.31. The lowest BCUT2D eigenvalue weighted by Gasteiger charge is -2.13. The van der Waals surface area contributed by atoms with Crippen LogP contribution in [0.1, 0.15) is 21.7 Å². The number of thioether (sulfide) groups is 1. The van der Waals surface area contributed by atoms with Crippen molar-refractivity contribution in [3.8, 4) is 5.75 Å². The summed E-state index contributed by atoms with van der Waals surface area (Å²) in [7, 11) is 1.54. The Hall–Kier alpha value is -4.83. The molecule has 0 aliphatic heterocycles. The highest BCUT2D eigenvalue weighted by Gasteiger charge is 2.16. The van der Waals surface area contributed by atoms with E-state index in [0.29, 0.717) is 34.1 Å². The predicted octanol–water partition coefficient (Wildman–Crippen LogP) is 5.13. The van der Waals surface area contributed by atoms with E-state index in [-0.39, 0.29) is 17.4 Å². The smallest absolute Gasteiger partial charge is 0.272 e. The average molecular weight is 543 g/mol. The maximum atomic E-state index is 13.3. The van der Waals surface area contributed by atoms with Gasteiger partial charge in [0.25, 0.3) is 11.8 Å². The molecule has 0 aliphatic carbocycles. The molecule has 1 heterocycles. The third kappa shape index (κ3) is 7.83. The molecule has 198 valence electrons. The lowest BCUT2D eigenvalue weighted by molar-refractivity contribution is -0.114. The van der Waals surface area contributed by atoms with Crippen molar-refractivity contribution in [3.05, 3.63) is 108 Å². The minimum absolute atomic E-state index is 0.0477. The van der Waals surface area contributed by atoms with Gasteiger partial charge in [-0.2, -0.15) is 0 Å². The molecule has 0 aliphatic rings. The second-order valence-electron chi connectivity index (χ2n) is 8.26. The van der Waals surface area contributed by atoms with E-state index in [9.17, 15) is 14.4 Å². The van der Waals surface area contributed by atoms with Gasteiger partial charge in [0, 0.05) is 27.8 Å². The number of hydrogen-bond donors (Lipinski definition) is 3. The Morgan fingerprint density at radius 2 is 1.67 bits per heavy atom. The molecular formula is C29H26N4O5S. The molecule has 1 aromatic heterocycles. The first-order valence-electron chi connectivity index (χ1n) is 11.9. The van der Waals surface area contributed by atoms with Crippen LogP contribution in [-0.2, 0) is 9.59 Å². The number of amides is 3. The first-order chi connectivity index (χ1) is 18.9. The first kappa shape index (κ1) is 27.2. The SMILES string of the molecule is COc1ccccc1/C=C(\NC(=O)c1ccccc1)C(=O)Nc1ccc(SCC(=O)Nc2cc(C)on2)cc1. The zero-order valence-corrected chi connectivity index (χ0v) is 22.1.